The summed E-state index contributed by atoms with van der Waals surface area (Å²) < 4.78 is 59.9. The van der Waals surface area contributed by atoms with Crippen LogP contribution in [0.4, 0.5) is 17.1 Å². The molecule has 6 saturated heterocycles. The van der Waals surface area contributed by atoms with Crippen LogP contribution in [0.25, 0.3) is 99.9 Å². The van der Waals surface area contributed by atoms with Gasteiger partial charge in [-0.25, -0.2) is 8.42 Å². The molecule has 9 aromatic carbocycles. The van der Waals surface area contributed by atoms with E-state index in [0.717, 1.165) is 189 Å². The van der Waals surface area contributed by atoms with Crippen molar-refractivity contribution in [1.82, 2.24) is 29.5 Å². The smallest absolute Gasteiger partial charge is 0.248 e. The molecule has 12 aromatic rings. The summed E-state index contributed by atoms with van der Waals surface area (Å²) in [6.45, 7) is 12.9. The van der Waals surface area contributed by atoms with Crippen LogP contribution in [0.15, 0.2) is 200 Å². The van der Waals surface area contributed by atoms with E-state index in [2.05, 4.69) is 193 Å². The van der Waals surface area contributed by atoms with Crippen LogP contribution in [-0.4, -0.2) is 193 Å². The largest absolute Gasteiger partial charge is 0.489 e. The van der Waals surface area contributed by atoms with Crippen LogP contribution in [0, 0.1) is 34.0 Å². The molecule has 3 aromatic heterocycles. The monoisotopic (exact) mass is 1570 g/mol. The van der Waals surface area contributed by atoms with Crippen LogP contribution >= 0.6 is 0 Å². The Morgan fingerprint density at radius 2 is 0.724 bits per heavy atom. The number of carbonyl (C=O) groups is 1. The maximum absolute atomic E-state index is 11.8. The highest BCUT2D eigenvalue weighted by molar-refractivity contribution is 7.88. The lowest BCUT2D eigenvalue weighted by Crippen LogP contribution is -2.49. The van der Waals surface area contributed by atoms with Gasteiger partial charge in [-0.15, -0.1) is 0 Å². The highest BCUT2D eigenvalue weighted by atomic mass is 32.2. The van der Waals surface area contributed by atoms with Gasteiger partial charge in [-0.3, -0.25) is 4.79 Å². The molecule has 0 unspecified atom stereocenters. The highest BCUT2D eigenvalue weighted by Crippen LogP contribution is 2.40. The van der Waals surface area contributed by atoms with Gasteiger partial charge < -0.3 is 73.4 Å². The predicted molar refractivity (Wildman–Crippen MR) is 455 cm³/mol. The Morgan fingerprint density at radius 3 is 1.03 bits per heavy atom. The average molecular weight is 1570 g/mol. The van der Waals surface area contributed by atoms with Gasteiger partial charge in [0.05, 0.1) is 62.6 Å². The Balaban J connectivity index is 0.000000131. The summed E-state index contributed by atoms with van der Waals surface area (Å²) in [4.78, 5) is 31.1. The molecule has 6 fully saturated rings. The van der Waals surface area contributed by atoms with Crippen molar-refractivity contribution < 1.29 is 46.7 Å². The number of carbonyl (C=O) groups excluding carboxylic acids is 1. The number of rotatable bonds is 17. The number of aromatic nitrogens is 3. The average Bonchev–Trinajstić information content (AvgIpc) is 1.63. The molecule has 116 heavy (non-hydrogen) atoms. The van der Waals surface area contributed by atoms with E-state index in [9.17, 15) is 29.0 Å². The van der Waals surface area contributed by atoms with Crippen LogP contribution in [-0.2, 0) is 29.0 Å². The van der Waals surface area contributed by atoms with Crippen molar-refractivity contribution in [1.29, 1.82) is 15.8 Å². The summed E-state index contributed by atoms with van der Waals surface area (Å²) in [7, 11) is -3.15. The molecular formula is C93H94N12O10S. The van der Waals surface area contributed by atoms with Gasteiger partial charge in [-0.1, -0.05) is 91.0 Å². The number of aromatic amines is 3. The van der Waals surface area contributed by atoms with Gasteiger partial charge in [0.25, 0.3) is 0 Å². The van der Waals surface area contributed by atoms with E-state index in [-0.39, 0.29) is 24.2 Å². The molecule has 22 nitrogen and oxygen atoms in total. The molecule has 1 amide bonds. The number of sulfonamides is 1. The first-order valence-electron chi connectivity index (χ1n) is 40.1. The third kappa shape index (κ3) is 17.9. The number of nitrogens with one attached hydrogen (secondary N) is 4. The van der Waals surface area contributed by atoms with Crippen molar-refractivity contribution in [2.45, 2.75) is 56.8 Å². The van der Waals surface area contributed by atoms with Crippen LogP contribution in [0.5, 0.6) is 17.2 Å². The normalized spacial score (nSPS) is 16.7. The van der Waals surface area contributed by atoms with E-state index in [1.807, 2.05) is 60.7 Å². The molecule has 23 heteroatoms. The van der Waals surface area contributed by atoms with Crippen molar-refractivity contribution in [3.63, 3.8) is 0 Å². The number of nitrogens with zero attached hydrogens (tertiary/aromatic N) is 8. The van der Waals surface area contributed by atoms with Crippen molar-refractivity contribution in [3.8, 4) is 103 Å². The fourth-order valence-corrected chi connectivity index (χ4v) is 17.2. The van der Waals surface area contributed by atoms with Crippen LogP contribution in [0.1, 0.15) is 55.2 Å². The lowest BCUT2D eigenvalue weighted by atomic mass is 9.99. The zero-order valence-corrected chi connectivity index (χ0v) is 65.9. The summed E-state index contributed by atoms with van der Waals surface area (Å²) in [6.07, 6.45) is 6.57. The third-order valence-electron chi connectivity index (χ3n) is 22.8. The van der Waals surface area contributed by atoms with Crippen molar-refractivity contribution in [3.05, 3.63) is 217 Å². The molecule has 18 rings (SSSR count). The lowest BCUT2D eigenvalue weighted by molar-refractivity contribution is -0.134. The Morgan fingerprint density at radius 1 is 0.414 bits per heavy atom. The Labute approximate surface area is 676 Å². The SMILES string of the molecule is CS(=O)(=O)N1CCN(c2ccc(-c3cc4c(-c5ccc(OC6CCOCC6)c(C#N)c5)cccc4[nH]3)cc2)CC1.N#Cc1cc(-c2cccc3[nH]c(-c4ccc(N5CCN(C(=O)CO)CC5)cc4)cc23)ccc1OC1CCOCC1.N#Cc1cc(-c2cccc3[nH]c(-c4ccc(N5CCNCC5)cc4)cc23)ccc1OC1CCOCC1. The first-order chi connectivity index (χ1) is 56.8. The molecule has 0 radical (unpaired) electrons. The number of anilines is 3. The minimum absolute atomic E-state index is 0.0749. The second-order valence-corrected chi connectivity index (χ2v) is 32.1. The van der Waals surface area contributed by atoms with Crippen LogP contribution < -0.4 is 34.2 Å². The number of fused-ring (bicyclic) bond motifs is 3. The number of amides is 1. The molecule has 0 saturated carbocycles. The molecule has 592 valence electrons. The fraction of sp³-hybridized carbons (Fsp3) is 0.312. The first kappa shape index (κ1) is 78.0. The van der Waals surface area contributed by atoms with Crippen molar-refractivity contribution >= 4 is 65.7 Å². The van der Waals surface area contributed by atoms with E-state index in [4.69, 9.17) is 33.5 Å². The van der Waals surface area contributed by atoms with Crippen molar-refractivity contribution in [2.24, 2.45) is 0 Å². The molecular weight excluding hydrogens is 1480 g/mol. The van der Waals surface area contributed by atoms with Crippen molar-refractivity contribution in [2.75, 3.05) is 146 Å². The van der Waals surface area contributed by atoms with Gasteiger partial charge in [0.1, 0.15) is 60.4 Å². The van der Waals surface area contributed by atoms with E-state index < -0.39 is 16.6 Å². The lowest BCUT2D eigenvalue weighted by Gasteiger charge is -2.35. The molecule has 0 bridgehead atoms. The van der Waals surface area contributed by atoms with E-state index in [1.54, 1.807) is 4.90 Å². The minimum atomic E-state index is -3.15. The number of H-pyrrole nitrogens is 3. The Kier molecular flexibility index (Phi) is 24.1. The maximum Gasteiger partial charge on any atom is 0.248 e. The topological polar surface area (TPSA) is 274 Å². The first-order valence-corrected chi connectivity index (χ1v) is 42.0. The van der Waals surface area contributed by atoms with E-state index in [1.165, 1.54) is 16.2 Å². The summed E-state index contributed by atoms with van der Waals surface area (Å²) in [6, 6.07) is 75.4. The maximum atomic E-state index is 11.8. The number of hydrogen-bond acceptors (Lipinski definition) is 17. The predicted octanol–water partition coefficient (Wildman–Crippen LogP) is 14.9. The highest BCUT2D eigenvalue weighted by Gasteiger charge is 2.27. The van der Waals surface area contributed by atoms with Gasteiger partial charge in [0.15, 0.2) is 0 Å². The number of hydrogen-bond donors (Lipinski definition) is 5. The van der Waals surface area contributed by atoms with Gasteiger partial charge in [-0.2, -0.15) is 20.1 Å². The van der Waals surface area contributed by atoms with E-state index >= 15 is 0 Å². The number of benzene rings is 9. The Bertz CT molecular complexity index is 5710. The summed E-state index contributed by atoms with van der Waals surface area (Å²) >= 11 is 0. The number of aliphatic hydroxyl groups excluding tert-OH is 1. The third-order valence-corrected chi connectivity index (χ3v) is 24.1. The molecule has 0 spiro atoms. The quantitative estimate of drug-likeness (QED) is 0.0567. The second-order valence-electron chi connectivity index (χ2n) is 30.2. The van der Waals surface area contributed by atoms with Gasteiger partial charge >= 0.3 is 0 Å². The molecule has 6 aliphatic heterocycles. The Hall–Kier alpha value is -12.0. The molecule has 0 atom stereocenters. The standard InChI is InChI=1S/C32H32N4O4.C31H32N4O4S.C30H30N4O2/c33-20-24-18-23(6-9-31(24)40-26-10-16-39-17-11-26)27-2-1-3-29-28(27)19-30(34-29)22-4-7-25(8-5-22)35-12-14-36(15-13-35)32(38)21-37;1-40(36,37)35-15-13-34(14-16-35)25-8-5-22(6-9-25)30-20-28-27(3-2-4-29(28)33-30)23-7-10-31(24(19-23)21-32)39-26-11-17-38-18-12-26;31-20-23-18-22(6-9-30(23)36-25-10-16-35-17-11-25)26-2-1-3-28-27(26)19-29(33-28)21-4-7-24(8-5-21)34-14-12-32-13-15-34/h1-9,18-19,26,34,37H,10-17,21H2;2-10,19-20,26,33H,11-18H2,1H3;1-9,18-19,25,32-33H,10-17H2. The number of ether oxygens (including phenoxy) is 6. The zero-order chi connectivity index (χ0) is 79.5. The second kappa shape index (κ2) is 35.8. The summed E-state index contributed by atoms with van der Waals surface area (Å²) in [5.41, 5.74) is 20.8. The summed E-state index contributed by atoms with van der Waals surface area (Å²) in [5.74, 6) is 1.69. The van der Waals surface area contributed by atoms with Crippen LogP contribution in [0.3, 0.4) is 0 Å². The van der Waals surface area contributed by atoms with Gasteiger partial charge in [-0.05, 0) is 159 Å². The molecule has 5 N–H and O–H groups in total. The molecule has 0 aliphatic carbocycles. The zero-order valence-electron chi connectivity index (χ0n) is 65.1. The van der Waals surface area contributed by atoms with Crippen LogP contribution in [0.2, 0.25) is 0 Å². The summed E-state index contributed by atoms with van der Waals surface area (Å²) in [5, 5.41) is 45.4. The number of nitriles is 3. The van der Waals surface area contributed by atoms with Gasteiger partial charge in [0, 0.05) is 184 Å². The number of piperazine rings is 3. The molecule has 6 aliphatic rings. The fourth-order valence-electron chi connectivity index (χ4n) is 16.3. The minimum Gasteiger partial charge on any atom is -0.489 e. The number of aliphatic hydroxyl groups is 1. The van der Waals surface area contributed by atoms with Gasteiger partial charge in [0.2, 0.25) is 15.9 Å². The van der Waals surface area contributed by atoms with E-state index in [0.29, 0.717) is 113 Å². The molecule has 9 heterocycles.